The van der Waals surface area contributed by atoms with E-state index in [0.717, 1.165) is 16.7 Å². The van der Waals surface area contributed by atoms with Gasteiger partial charge in [-0.05, 0) is 51.9 Å². The Morgan fingerprint density at radius 1 is 0.941 bits per heavy atom. The SMILES string of the molecule is COc1ccc(-c2cc(C(=O)N(C)Cc3ccccc3)cc(-n3cnnn3)c2)c(OC)c1OC. The van der Waals surface area contributed by atoms with Crippen molar-refractivity contribution < 1.29 is 19.0 Å². The number of tetrazole rings is 1. The van der Waals surface area contributed by atoms with Crippen LogP contribution in [-0.2, 0) is 6.54 Å². The summed E-state index contributed by atoms with van der Waals surface area (Å²) in [4.78, 5) is 15.1. The molecule has 9 heteroatoms. The molecule has 0 aliphatic carbocycles. The molecule has 0 unspecified atom stereocenters. The van der Waals surface area contributed by atoms with E-state index in [2.05, 4.69) is 15.5 Å². The average molecular weight is 460 g/mol. The summed E-state index contributed by atoms with van der Waals surface area (Å²) >= 11 is 0. The van der Waals surface area contributed by atoms with E-state index < -0.39 is 0 Å². The Bertz CT molecular complexity index is 1280. The van der Waals surface area contributed by atoms with Gasteiger partial charge in [0.25, 0.3) is 5.91 Å². The van der Waals surface area contributed by atoms with Gasteiger partial charge < -0.3 is 19.1 Å². The average Bonchev–Trinajstić information content (AvgIpc) is 3.42. The predicted molar refractivity (Wildman–Crippen MR) is 126 cm³/mol. The molecule has 9 nitrogen and oxygen atoms in total. The van der Waals surface area contributed by atoms with Gasteiger partial charge in [-0.1, -0.05) is 30.3 Å². The van der Waals surface area contributed by atoms with Gasteiger partial charge in [0.2, 0.25) is 5.75 Å². The van der Waals surface area contributed by atoms with E-state index in [1.807, 2.05) is 48.5 Å². The van der Waals surface area contributed by atoms with Crippen molar-refractivity contribution in [3.8, 4) is 34.1 Å². The molecular formula is C25H25N5O4. The third-order valence-corrected chi connectivity index (χ3v) is 5.40. The van der Waals surface area contributed by atoms with Crippen LogP contribution in [0.1, 0.15) is 15.9 Å². The normalized spacial score (nSPS) is 10.6. The van der Waals surface area contributed by atoms with Gasteiger partial charge in [-0.25, -0.2) is 4.68 Å². The van der Waals surface area contributed by atoms with E-state index in [4.69, 9.17) is 14.2 Å². The van der Waals surface area contributed by atoms with E-state index in [9.17, 15) is 4.79 Å². The Morgan fingerprint density at radius 2 is 1.71 bits per heavy atom. The smallest absolute Gasteiger partial charge is 0.253 e. The number of rotatable bonds is 8. The molecule has 0 bridgehead atoms. The lowest BCUT2D eigenvalue weighted by atomic mass is 9.99. The standard InChI is InChI=1S/C25H25N5O4/c1-29(15-17-8-6-5-7-9-17)25(31)19-12-18(13-20(14-19)30-16-26-27-28-30)21-10-11-22(32-2)24(34-4)23(21)33-3/h5-14,16H,15H2,1-4H3. The van der Waals surface area contributed by atoms with E-state index in [1.54, 1.807) is 45.4 Å². The fourth-order valence-corrected chi connectivity index (χ4v) is 3.78. The first-order chi connectivity index (χ1) is 16.5. The largest absolute Gasteiger partial charge is 0.493 e. The summed E-state index contributed by atoms with van der Waals surface area (Å²) < 4.78 is 18.1. The minimum absolute atomic E-state index is 0.139. The molecule has 0 saturated carbocycles. The zero-order chi connectivity index (χ0) is 24.1. The maximum atomic E-state index is 13.4. The number of hydrogen-bond acceptors (Lipinski definition) is 7. The first-order valence-corrected chi connectivity index (χ1v) is 10.5. The predicted octanol–water partition coefficient (Wildman–Crippen LogP) is 3.63. The van der Waals surface area contributed by atoms with Gasteiger partial charge in [-0.3, -0.25) is 4.79 Å². The maximum Gasteiger partial charge on any atom is 0.253 e. The van der Waals surface area contributed by atoms with Crippen molar-refractivity contribution in [3.05, 3.63) is 78.1 Å². The molecule has 4 aromatic rings. The van der Waals surface area contributed by atoms with E-state index in [0.29, 0.717) is 35.0 Å². The van der Waals surface area contributed by atoms with Crippen molar-refractivity contribution in [2.24, 2.45) is 0 Å². The minimum atomic E-state index is -0.139. The van der Waals surface area contributed by atoms with Crippen molar-refractivity contribution in [1.29, 1.82) is 0 Å². The van der Waals surface area contributed by atoms with E-state index in [-0.39, 0.29) is 5.91 Å². The number of amides is 1. The number of methoxy groups -OCH3 is 3. The highest BCUT2D eigenvalue weighted by Gasteiger charge is 2.20. The van der Waals surface area contributed by atoms with Crippen LogP contribution < -0.4 is 14.2 Å². The Kier molecular flexibility index (Phi) is 6.72. The number of ether oxygens (including phenoxy) is 3. The molecule has 0 aliphatic rings. The van der Waals surface area contributed by atoms with Crippen molar-refractivity contribution >= 4 is 5.91 Å². The van der Waals surface area contributed by atoms with Crippen LogP contribution in [0.2, 0.25) is 0 Å². The molecule has 4 rings (SSSR count). The molecule has 0 radical (unpaired) electrons. The lowest BCUT2D eigenvalue weighted by Gasteiger charge is -2.20. The third-order valence-electron chi connectivity index (χ3n) is 5.40. The number of nitrogens with zero attached hydrogens (tertiary/aromatic N) is 5. The van der Waals surface area contributed by atoms with E-state index >= 15 is 0 Å². The third kappa shape index (κ3) is 4.54. The summed E-state index contributed by atoms with van der Waals surface area (Å²) in [5, 5.41) is 11.4. The van der Waals surface area contributed by atoms with Crippen LogP contribution in [0.25, 0.3) is 16.8 Å². The van der Waals surface area contributed by atoms with Gasteiger partial charge in [0, 0.05) is 24.7 Å². The molecule has 0 N–H and O–H groups in total. The number of benzene rings is 3. The second-order valence-corrected chi connectivity index (χ2v) is 7.55. The summed E-state index contributed by atoms with van der Waals surface area (Å²) in [6, 6.07) is 18.9. The van der Waals surface area contributed by atoms with Gasteiger partial charge in [0.15, 0.2) is 11.5 Å². The van der Waals surface area contributed by atoms with Crippen LogP contribution in [0.15, 0.2) is 67.0 Å². The highest BCUT2D eigenvalue weighted by Crippen LogP contribution is 2.44. The molecule has 0 fully saturated rings. The van der Waals surface area contributed by atoms with Crippen LogP contribution in [-0.4, -0.2) is 59.4 Å². The van der Waals surface area contributed by atoms with Crippen LogP contribution >= 0.6 is 0 Å². The quantitative estimate of drug-likeness (QED) is 0.397. The molecule has 0 saturated heterocycles. The Hall–Kier alpha value is -4.40. The minimum Gasteiger partial charge on any atom is -0.493 e. The molecule has 1 aromatic heterocycles. The molecule has 1 amide bonds. The van der Waals surface area contributed by atoms with Crippen LogP contribution in [0.3, 0.4) is 0 Å². The highest BCUT2D eigenvalue weighted by atomic mass is 16.5. The van der Waals surface area contributed by atoms with Gasteiger partial charge in [-0.2, -0.15) is 0 Å². The van der Waals surface area contributed by atoms with Gasteiger partial charge in [0.05, 0.1) is 27.0 Å². The first kappa shape index (κ1) is 22.8. The molecular weight excluding hydrogens is 434 g/mol. The maximum absolute atomic E-state index is 13.4. The van der Waals surface area contributed by atoms with E-state index in [1.165, 1.54) is 11.0 Å². The number of carbonyl (C=O) groups is 1. The summed E-state index contributed by atoms with van der Waals surface area (Å²) in [6.45, 7) is 0.476. The molecule has 174 valence electrons. The van der Waals surface area contributed by atoms with Gasteiger partial charge in [-0.15, -0.1) is 5.10 Å². The monoisotopic (exact) mass is 459 g/mol. The van der Waals surface area contributed by atoms with Crippen LogP contribution in [0, 0.1) is 0 Å². The lowest BCUT2D eigenvalue weighted by molar-refractivity contribution is 0.0785. The zero-order valence-corrected chi connectivity index (χ0v) is 19.4. The van der Waals surface area contributed by atoms with Gasteiger partial charge in [0.1, 0.15) is 6.33 Å². The number of hydrogen-bond donors (Lipinski definition) is 0. The van der Waals surface area contributed by atoms with Crippen molar-refractivity contribution in [3.63, 3.8) is 0 Å². The fourth-order valence-electron chi connectivity index (χ4n) is 3.78. The fraction of sp³-hybridized carbons (Fsp3) is 0.200. The molecule has 0 aliphatic heterocycles. The van der Waals surface area contributed by atoms with Crippen molar-refractivity contribution in [2.75, 3.05) is 28.4 Å². The number of carbonyl (C=O) groups excluding carboxylic acids is 1. The van der Waals surface area contributed by atoms with Crippen molar-refractivity contribution in [2.45, 2.75) is 6.54 Å². The van der Waals surface area contributed by atoms with Crippen molar-refractivity contribution in [1.82, 2.24) is 25.1 Å². The zero-order valence-electron chi connectivity index (χ0n) is 19.4. The Balaban J connectivity index is 1.81. The summed E-state index contributed by atoms with van der Waals surface area (Å²) in [5.74, 6) is 1.36. The molecule has 0 spiro atoms. The summed E-state index contributed by atoms with van der Waals surface area (Å²) in [6.07, 6.45) is 1.48. The molecule has 0 atom stereocenters. The molecule has 1 heterocycles. The Labute approximate surface area is 197 Å². The lowest BCUT2D eigenvalue weighted by Crippen LogP contribution is -2.26. The Morgan fingerprint density at radius 3 is 2.35 bits per heavy atom. The summed E-state index contributed by atoms with van der Waals surface area (Å²) in [5.41, 5.74) is 3.63. The second kappa shape index (κ2) is 10.0. The van der Waals surface area contributed by atoms with Crippen LogP contribution in [0.4, 0.5) is 0 Å². The first-order valence-electron chi connectivity index (χ1n) is 10.5. The summed E-state index contributed by atoms with van der Waals surface area (Å²) in [7, 11) is 6.45. The molecule has 3 aromatic carbocycles. The second-order valence-electron chi connectivity index (χ2n) is 7.55. The highest BCUT2D eigenvalue weighted by molar-refractivity contribution is 5.96. The van der Waals surface area contributed by atoms with Crippen LogP contribution in [0.5, 0.6) is 17.2 Å². The topological polar surface area (TPSA) is 91.6 Å². The number of aromatic nitrogens is 4. The van der Waals surface area contributed by atoms with Gasteiger partial charge >= 0.3 is 0 Å². The molecule has 34 heavy (non-hydrogen) atoms.